The number of nitrogens with one attached hydrogen (secondary N) is 1. The number of sulfonamides is 1. The Labute approximate surface area is 148 Å². The molecule has 2 rings (SSSR count). The zero-order valence-corrected chi connectivity index (χ0v) is 16.2. The molecular formula is C15H24BrClN2O2S. The highest BCUT2D eigenvalue weighted by atomic mass is 79.9. The Kier molecular flexibility index (Phi) is 7.82. The van der Waals surface area contributed by atoms with Crippen LogP contribution < -0.4 is 5.32 Å². The molecule has 1 fully saturated rings. The molecule has 4 nitrogen and oxygen atoms in total. The molecule has 1 aromatic carbocycles. The molecule has 0 atom stereocenters. The van der Waals surface area contributed by atoms with E-state index >= 15 is 0 Å². The molecule has 1 saturated heterocycles. The first-order chi connectivity index (χ1) is 9.96. The van der Waals surface area contributed by atoms with Crippen molar-refractivity contribution in [1.29, 1.82) is 0 Å². The highest BCUT2D eigenvalue weighted by Crippen LogP contribution is 2.28. The molecule has 0 aliphatic carbocycles. The normalized spacial score (nSPS) is 17.2. The van der Waals surface area contributed by atoms with Gasteiger partial charge in [-0.05, 0) is 56.5 Å². The largest absolute Gasteiger partial charge is 0.317 e. The molecular weight excluding hydrogens is 388 g/mol. The van der Waals surface area contributed by atoms with Crippen molar-refractivity contribution in [2.45, 2.75) is 31.6 Å². The van der Waals surface area contributed by atoms with E-state index in [2.05, 4.69) is 28.2 Å². The number of halogens is 2. The van der Waals surface area contributed by atoms with Crippen LogP contribution in [0.5, 0.6) is 0 Å². The monoisotopic (exact) mass is 410 g/mol. The lowest BCUT2D eigenvalue weighted by atomic mass is 9.98. The predicted octanol–water partition coefficient (Wildman–Crippen LogP) is 3.19. The number of nitrogens with zero attached hydrogens (tertiary/aromatic N) is 1. The van der Waals surface area contributed by atoms with Crippen molar-refractivity contribution in [3.8, 4) is 0 Å². The van der Waals surface area contributed by atoms with Crippen LogP contribution in [0.2, 0.25) is 0 Å². The van der Waals surface area contributed by atoms with Gasteiger partial charge in [0.05, 0.1) is 4.90 Å². The molecule has 1 N–H and O–H groups in total. The summed E-state index contributed by atoms with van der Waals surface area (Å²) in [5.41, 5.74) is 0.785. The predicted molar refractivity (Wildman–Crippen MR) is 96.2 cm³/mol. The van der Waals surface area contributed by atoms with E-state index in [1.165, 1.54) is 0 Å². The zero-order valence-electron chi connectivity index (χ0n) is 13.0. The second-order valence-electron chi connectivity index (χ2n) is 5.52. The van der Waals surface area contributed by atoms with Crippen LogP contribution in [-0.4, -0.2) is 38.9 Å². The van der Waals surface area contributed by atoms with E-state index in [1.807, 2.05) is 13.0 Å². The lowest BCUT2D eigenvalue weighted by Gasteiger charge is -2.31. The Bertz CT molecular complexity index is 587. The number of hydrogen-bond acceptors (Lipinski definition) is 3. The van der Waals surface area contributed by atoms with Crippen LogP contribution in [0.3, 0.4) is 0 Å². The van der Waals surface area contributed by atoms with Gasteiger partial charge in [-0.1, -0.05) is 28.9 Å². The maximum Gasteiger partial charge on any atom is 0.243 e. The minimum Gasteiger partial charge on any atom is -0.317 e. The molecule has 1 heterocycles. The standard InChI is InChI=1S/C15H23BrN2O2S.ClH/c1-3-17-11-13-7-9-18(10-8-13)21(19,20)15-6-4-5-14(16)12(15)2;/h4-6,13,17H,3,7-11H2,1-2H3;1H. The topological polar surface area (TPSA) is 49.4 Å². The quantitative estimate of drug-likeness (QED) is 0.809. The Hall–Kier alpha value is -0.140. The van der Waals surface area contributed by atoms with Gasteiger partial charge < -0.3 is 5.32 Å². The van der Waals surface area contributed by atoms with Crippen LogP contribution >= 0.6 is 28.3 Å². The van der Waals surface area contributed by atoms with Crippen molar-refractivity contribution < 1.29 is 8.42 Å². The molecule has 0 bridgehead atoms. The molecule has 0 saturated carbocycles. The molecule has 7 heteroatoms. The summed E-state index contributed by atoms with van der Waals surface area (Å²) in [4.78, 5) is 0.419. The van der Waals surface area contributed by atoms with Crippen LogP contribution in [0, 0.1) is 12.8 Å². The molecule has 1 aliphatic rings. The third-order valence-electron chi connectivity index (χ3n) is 4.09. The molecule has 1 aromatic rings. The van der Waals surface area contributed by atoms with E-state index in [1.54, 1.807) is 16.4 Å². The SMILES string of the molecule is CCNCC1CCN(S(=O)(=O)c2cccc(Br)c2C)CC1.Cl. The zero-order chi connectivity index (χ0) is 15.5. The maximum absolute atomic E-state index is 12.8. The molecule has 0 spiro atoms. The summed E-state index contributed by atoms with van der Waals surface area (Å²) in [7, 11) is -3.38. The molecule has 126 valence electrons. The summed E-state index contributed by atoms with van der Waals surface area (Å²) in [6, 6.07) is 5.35. The second-order valence-corrected chi connectivity index (χ2v) is 8.28. The summed E-state index contributed by atoms with van der Waals surface area (Å²) < 4.78 is 28.0. The molecule has 0 unspecified atom stereocenters. The smallest absolute Gasteiger partial charge is 0.243 e. The summed E-state index contributed by atoms with van der Waals surface area (Å²) in [5, 5.41) is 3.35. The summed E-state index contributed by atoms with van der Waals surface area (Å²) >= 11 is 3.41. The van der Waals surface area contributed by atoms with Gasteiger partial charge in [-0.2, -0.15) is 4.31 Å². The van der Waals surface area contributed by atoms with Crippen molar-refractivity contribution >= 4 is 38.4 Å². The van der Waals surface area contributed by atoms with Gasteiger partial charge in [0.25, 0.3) is 0 Å². The molecule has 0 radical (unpaired) electrons. The van der Waals surface area contributed by atoms with Crippen molar-refractivity contribution in [3.05, 3.63) is 28.2 Å². The van der Waals surface area contributed by atoms with Crippen molar-refractivity contribution in [2.24, 2.45) is 5.92 Å². The number of rotatable bonds is 5. The van der Waals surface area contributed by atoms with Gasteiger partial charge in [-0.15, -0.1) is 12.4 Å². The first-order valence-electron chi connectivity index (χ1n) is 7.42. The van der Waals surface area contributed by atoms with Crippen molar-refractivity contribution in [2.75, 3.05) is 26.2 Å². The Morgan fingerprint density at radius 1 is 1.32 bits per heavy atom. The van der Waals surface area contributed by atoms with Gasteiger partial charge in [0.1, 0.15) is 0 Å². The lowest BCUT2D eigenvalue weighted by molar-refractivity contribution is 0.268. The lowest BCUT2D eigenvalue weighted by Crippen LogP contribution is -2.40. The average Bonchev–Trinajstić information content (AvgIpc) is 2.48. The van der Waals surface area contributed by atoms with Crippen LogP contribution in [0.1, 0.15) is 25.3 Å². The van der Waals surface area contributed by atoms with Gasteiger partial charge >= 0.3 is 0 Å². The Morgan fingerprint density at radius 2 is 1.95 bits per heavy atom. The van der Waals surface area contributed by atoms with Gasteiger partial charge in [0.15, 0.2) is 0 Å². The van der Waals surface area contributed by atoms with E-state index < -0.39 is 10.0 Å². The minimum absolute atomic E-state index is 0. The summed E-state index contributed by atoms with van der Waals surface area (Å²) in [5.74, 6) is 0.583. The maximum atomic E-state index is 12.8. The molecule has 22 heavy (non-hydrogen) atoms. The fraction of sp³-hybridized carbons (Fsp3) is 0.600. The molecule has 0 aromatic heterocycles. The second kappa shape index (κ2) is 8.64. The first-order valence-corrected chi connectivity index (χ1v) is 9.66. The van der Waals surface area contributed by atoms with E-state index in [-0.39, 0.29) is 12.4 Å². The number of piperidine rings is 1. The summed E-state index contributed by atoms with van der Waals surface area (Å²) in [6.07, 6.45) is 1.86. The minimum atomic E-state index is -3.38. The summed E-state index contributed by atoms with van der Waals surface area (Å²) in [6.45, 7) is 7.12. The Balaban J connectivity index is 0.00000242. The van der Waals surface area contributed by atoms with E-state index in [0.717, 1.165) is 36.0 Å². The third kappa shape index (κ3) is 4.45. The van der Waals surface area contributed by atoms with Gasteiger partial charge in [-0.3, -0.25) is 0 Å². The van der Waals surface area contributed by atoms with Gasteiger partial charge in [-0.25, -0.2) is 8.42 Å². The first kappa shape index (κ1) is 19.9. The number of benzene rings is 1. The number of hydrogen-bond donors (Lipinski definition) is 1. The van der Waals surface area contributed by atoms with Crippen LogP contribution in [0.25, 0.3) is 0 Å². The van der Waals surface area contributed by atoms with Crippen LogP contribution in [0.15, 0.2) is 27.6 Å². The fourth-order valence-electron chi connectivity index (χ4n) is 2.71. The van der Waals surface area contributed by atoms with E-state index in [4.69, 9.17) is 0 Å². The third-order valence-corrected chi connectivity index (χ3v) is 6.99. The van der Waals surface area contributed by atoms with Crippen molar-refractivity contribution in [1.82, 2.24) is 9.62 Å². The highest BCUT2D eigenvalue weighted by molar-refractivity contribution is 9.10. The highest BCUT2D eigenvalue weighted by Gasteiger charge is 2.30. The average molecular weight is 412 g/mol. The Morgan fingerprint density at radius 3 is 2.55 bits per heavy atom. The van der Waals surface area contributed by atoms with E-state index in [9.17, 15) is 8.42 Å². The van der Waals surface area contributed by atoms with E-state index in [0.29, 0.717) is 23.9 Å². The van der Waals surface area contributed by atoms with Gasteiger partial charge in [0.2, 0.25) is 10.0 Å². The fourth-order valence-corrected chi connectivity index (χ4v) is 4.92. The van der Waals surface area contributed by atoms with Gasteiger partial charge in [0, 0.05) is 17.6 Å². The van der Waals surface area contributed by atoms with Crippen LogP contribution in [-0.2, 0) is 10.0 Å². The molecule has 1 aliphatic heterocycles. The van der Waals surface area contributed by atoms with Crippen LogP contribution in [0.4, 0.5) is 0 Å². The molecule has 0 amide bonds. The van der Waals surface area contributed by atoms with Crippen molar-refractivity contribution in [3.63, 3.8) is 0 Å².